The first-order valence-electron chi connectivity index (χ1n) is 5.48. The summed E-state index contributed by atoms with van der Waals surface area (Å²) in [6.07, 6.45) is 0. The molecule has 0 aliphatic rings. The molecule has 0 amide bonds. The largest absolute Gasteiger partial charge is 0.494 e. The topological polar surface area (TPSA) is 46.5 Å². The van der Waals surface area contributed by atoms with Gasteiger partial charge in [-0.1, -0.05) is 13.8 Å². The lowest BCUT2D eigenvalue weighted by atomic mass is 9.95. The van der Waals surface area contributed by atoms with Crippen LogP contribution in [-0.2, 0) is 0 Å². The minimum atomic E-state index is -0.880. The van der Waals surface area contributed by atoms with Crippen molar-refractivity contribution >= 4 is 5.97 Å². The highest BCUT2D eigenvalue weighted by Crippen LogP contribution is 2.28. The highest BCUT2D eigenvalue weighted by Gasteiger charge is 2.15. The lowest BCUT2D eigenvalue weighted by Crippen LogP contribution is -2.06. The van der Waals surface area contributed by atoms with Crippen LogP contribution in [0.3, 0.4) is 0 Å². The van der Waals surface area contributed by atoms with Crippen LogP contribution in [0.4, 0.5) is 0 Å². The summed E-state index contributed by atoms with van der Waals surface area (Å²) >= 11 is 0. The number of aromatic carboxylic acids is 1. The van der Waals surface area contributed by atoms with Crippen molar-refractivity contribution in [3.05, 3.63) is 28.8 Å². The Bertz CT molecular complexity index is 394. The van der Waals surface area contributed by atoms with Gasteiger partial charge in [-0.15, -0.1) is 0 Å². The van der Waals surface area contributed by atoms with E-state index < -0.39 is 5.97 Å². The van der Waals surface area contributed by atoms with Crippen LogP contribution in [0, 0.1) is 6.92 Å². The molecule has 0 spiro atoms. The minimum Gasteiger partial charge on any atom is -0.494 e. The third-order valence-electron chi connectivity index (χ3n) is 2.50. The van der Waals surface area contributed by atoms with Crippen molar-refractivity contribution in [2.45, 2.75) is 33.6 Å². The number of rotatable bonds is 4. The average molecular weight is 222 g/mol. The first kappa shape index (κ1) is 12.6. The van der Waals surface area contributed by atoms with Crippen LogP contribution in [0.15, 0.2) is 12.1 Å². The molecule has 0 radical (unpaired) electrons. The summed E-state index contributed by atoms with van der Waals surface area (Å²) in [6, 6.07) is 3.52. The molecule has 1 N–H and O–H groups in total. The van der Waals surface area contributed by atoms with Crippen molar-refractivity contribution < 1.29 is 14.6 Å². The van der Waals surface area contributed by atoms with E-state index in [1.807, 2.05) is 33.8 Å². The number of hydrogen-bond donors (Lipinski definition) is 1. The summed E-state index contributed by atoms with van der Waals surface area (Å²) in [6.45, 7) is 8.32. The first-order valence-corrected chi connectivity index (χ1v) is 5.48. The maximum atomic E-state index is 11.1. The number of hydrogen-bond acceptors (Lipinski definition) is 2. The summed E-state index contributed by atoms with van der Waals surface area (Å²) in [7, 11) is 0. The Hall–Kier alpha value is -1.51. The first-order chi connectivity index (χ1) is 7.47. The molecular weight excluding hydrogens is 204 g/mol. The Labute approximate surface area is 96.1 Å². The molecule has 0 aromatic heterocycles. The third-order valence-corrected chi connectivity index (χ3v) is 2.50. The van der Waals surface area contributed by atoms with Crippen LogP contribution in [0.1, 0.15) is 48.2 Å². The maximum Gasteiger partial charge on any atom is 0.335 e. The van der Waals surface area contributed by atoms with E-state index in [0.717, 1.165) is 16.9 Å². The summed E-state index contributed by atoms with van der Waals surface area (Å²) in [5.41, 5.74) is 2.06. The van der Waals surface area contributed by atoms with Gasteiger partial charge in [0.15, 0.2) is 0 Å². The number of carbonyl (C=O) groups is 1. The van der Waals surface area contributed by atoms with Crippen LogP contribution in [0.5, 0.6) is 5.75 Å². The third kappa shape index (κ3) is 2.54. The smallest absolute Gasteiger partial charge is 0.335 e. The molecule has 0 aliphatic heterocycles. The second-order valence-corrected chi connectivity index (χ2v) is 4.10. The van der Waals surface area contributed by atoms with Crippen molar-refractivity contribution in [2.24, 2.45) is 0 Å². The molecule has 3 heteroatoms. The molecular formula is C13H18O3. The van der Waals surface area contributed by atoms with E-state index in [0.29, 0.717) is 12.2 Å². The zero-order chi connectivity index (χ0) is 12.3. The van der Waals surface area contributed by atoms with Gasteiger partial charge >= 0.3 is 5.97 Å². The van der Waals surface area contributed by atoms with Crippen molar-refractivity contribution in [3.63, 3.8) is 0 Å². The highest BCUT2D eigenvalue weighted by molar-refractivity contribution is 5.90. The Morgan fingerprint density at radius 1 is 1.44 bits per heavy atom. The Balaban J connectivity index is 3.31. The van der Waals surface area contributed by atoms with Gasteiger partial charge in [0.25, 0.3) is 0 Å². The minimum absolute atomic E-state index is 0.172. The van der Waals surface area contributed by atoms with Gasteiger partial charge in [0.05, 0.1) is 12.2 Å². The number of carboxylic acids is 1. The molecule has 1 rings (SSSR count). The lowest BCUT2D eigenvalue weighted by molar-refractivity contribution is 0.0695. The number of ether oxygens (including phenoxy) is 1. The molecule has 0 bridgehead atoms. The zero-order valence-corrected chi connectivity index (χ0v) is 10.2. The molecule has 0 fully saturated rings. The number of aryl methyl sites for hydroxylation is 1. The van der Waals surface area contributed by atoms with E-state index in [-0.39, 0.29) is 5.92 Å². The molecule has 3 nitrogen and oxygen atoms in total. The fourth-order valence-corrected chi connectivity index (χ4v) is 1.68. The molecule has 0 heterocycles. The van der Waals surface area contributed by atoms with Crippen molar-refractivity contribution in [2.75, 3.05) is 6.61 Å². The molecule has 0 atom stereocenters. The van der Waals surface area contributed by atoms with Crippen molar-refractivity contribution in [1.82, 2.24) is 0 Å². The van der Waals surface area contributed by atoms with E-state index in [9.17, 15) is 4.79 Å². The predicted octanol–water partition coefficient (Wildman–Crippen LogP) is 3.22. The van der Waals surface area contributed by atoms with Gasteiger partial charge in [-0.05, 0) is 43.0 Å². The maximum absolute atomic E-state index is 11.1. The van der Waals surface area contributed by atoms with E-state index in [1.165, 1.54) is 0 Å². The second-order valence-electron chi connectivity index (χ2n) is 4.10. The van der Waals surface area contributed by atoms with Gasteiger partial charge in [-0.2, -0.15) is 0 Å². The fourth-order valence-electron chi connectivity index (χ4n) is 1.68. The van der Waals surface area contributed by atoms with Gasteiger partial charge in [-0.3, -0.25) is 0 Å². The van der Waals surface area contributed by atoms with Crippen molar-refractivity contribution in [3.8, 4) is 5.75 Å². The summed E-state index contributed by atoms with van der Waals surface area (Å²) in [5, 5.41) is 9.12. The Kier molecular flexibility index (Phi) is 3.93. The molecule has 16 heavy (non-hydrogen) atoms. The van der Waals surface area contributed by atoms with Crippen LogP contribution < -0.4 is 4.74 Å². The number of benzene rings is 1. The SMILES string of the molecule is CCOc1cc(C(C)C)c(C(=O)O)cc1C. The predicted molar refractivity (Wildman–Crippen MR) is 63.4 cm³/mol. The lowest BCUT2D eigenvalue weighted by Gasteiger charge is -2.14. The van der Waals surface area contributed by atoms with Crippen LogP contribution in [-0.4, -0.2) is 17.7 Å². The molecule has 1 aromatic carbocycles. The van der Waals surface area contributed by atoms with E-state index in [1.54, 1.807) is 6.07 Å². The number of carboxylic acid groups (broad SMARTS) is 1. The average Bonchev–Trinajstić information content (AvgIpc) is 2.20. The molecule has 0 aliphatic carbocycles. The van der Waals surface area contributed by atoms with Crippen LogP contribution in [0.2, 0.25) is 0 Å². The van der Waals surface area contributed by atoms with Gasteiger partial charge in [-0.25, -0.2) is 4.79 Å². The molecule has 0 saturated carbocycles. The normalized spacial score (nSPS) is 10.6. The van der Waals surface area contributed by atoms with E-state index in [2.05, 4.69) is 0 Å². The van der Waals surface area contributed by atoms with Gasteiger partial charge in [0.1, 0.15) is 5.75 Å². The fraction of sp³-hybridized carbons (Fsp3) is 0.462. The van der Waals surface area contributed by atoms with E-state index >= 15 is 0 Å². The van der Waals surface area contributed by atoms with Gasteiger partial charge in [0.2, 0.25) is 0 Å². The monoisotopic (exact) mass is 222 g/mol. The molecule has 88 valence electrons. The Morgan fingerprint density at radius 2 is 2.06 bits per heavy atom. The summed E-state index contributed by atoms with van der Waals surface area (Å²) in [5.74, 6) is 0.0666. The van der Waals surface area contributed by atoms with Gasteiger partial charge in [0, 0.05) is 0 Å². The summed E-state index contributed by atoms with van der Waals surface area (Å²) in [4.78, 5) is 11.1. The zero-order valence-electron chi connectivity index (χ0n) is 10.2. The molecule has 0 saturated heterocycles. The molecule has 0 unspecified atom stereocenters. The highest BCUT2D eigenvalue weighted by atomic mass is 16.5. The van der Waals surface area contributed by atoms with Crippen LogP contribution >= 0.6 is 0 Å². The second kappa shape index (κ2) is 5.01. The van der Waals surface area contributed by atoms with E-state index in [4.69, 9.17) is 9.84 Å². The van der Waals surface area contributed by atoms with Gasteiger partial charge < -0.3 is 9.84 Å². The quantitative estimate of drug-likeness (QED) is 0.850. The summed E-state index contributed by atoms with van der Waals surface area (Å²) < 4.78 is 5.47. The molecule has 1 aromatic rings. The Morgan fingerprint density at radius 3 is 2.50 bits per heavy atom. The standard InChI is InChI=1S/C13H18O3/c1-5-16-12-7-10(8(2)3)11(13(14)15)6-9(12)4/h6-8H,5H2,1-4H3,(H,14,15). The van der Waals surface area contributed by atoms with Crippen LogP contribution in [0.25, 0.3) is 0 Å². The van der Waals surface area contributed by atoms with Crippen molar-refractivity contribution in [1.29, 1.82) is 0 Å².